The Morgan fingerprint density at radius 2 is 1.65 bits per heavy atom. The van der Waals surface area contributed by atoms with Gasteiger partial charge in [-0.1, -0.05) is 12.1 Å². The van der Waals surface area contributed by atoms with Gasteiger partial charge in [0.2, 0.25) is 16.0 Å². The monoisotopic (exact) mass is 377 g/mol. The number of aliphatic imine (C=N–C) groups is 1. The summed E-state index contributed by atoms with van der Waals surface area (Å²) >= 11 is 0. The van der Waals surface area contributed by atoms with E-state index < -0.39 is 10.0 Å². The molecule has 0 fully saturated rings. The minimum absolute atomic E-state index is 0.146. The Labute approximate surface area is 154 Å². The maximum absolute atomic E-state index is 11.6. The van der Waals surface area contributed by atoms with Gasteiger partial charge in [-0.25, -0.2) is 13.4 Å². The fourth-order valence-corrected chi connectivity index (χ4v) is 2.58. The highest BCUT2D eigenvalue weighted by molar-refractivity contribution is 7.89. The van der Waals surface area contributed by atoms with Gasteiger partial charge in [0.1, 0.15) is 11.5 Å². The van der Waals surface area contributed by atoms with Gasteiger partial charge < -0.3 is 14.8 Å². The second-order valence-electron chi connectivity index (χ2n) is 5.47. The van der Waals surface area contributed by atoms with E-state index in [1.165, 1.54) is 0 Å². The van der Waals surface area contributed by atoms with Gasteiger partial charge in [0.25, 0.3) is 0 Å². The Bertz CT molecular complexity index is 832. The first-order valence-corrected chi connectivity index (χ1v) is 9.94. The third kappa shape index (κ3) is 6.64. The van der Waals surface area contributed by atoms with Crippen LogP contribution < -0.4 is 19.5 Å². The molecule has 0 amide bonds. The zero-order valence-electron chi connectivity index (χ0n) is 15.0. The minimum atomic E-state index is -3.46. The van der Waals surface area contributed by atoms with Gasteiger partial charge in [0.15, 0.2) is 0 Å². The molecule has 2 aromatic rings. The molecule has 0 aliphatic heterocycles. The summed E-state index contributed by atoms with van der Waals surface area (Å²) in [5.74, 6) is 1.64. The molecule has 0 aliphatic rings. The van der Waals surface area contributed by atoms with Gasteiger partial charge in [0.05, 0.1) is 26.5 Å². The van der Waals surface area contributed by atoms with Gasteiger partial charge in [-0.15, -0.1) is 0 Å². The average Bonchev–Trinajstić information content (AvgIpc) is 2.61. The van der Waals surface area contributed by atoms with Crippen molar-refractivity contribution in [3.8, 4) is 11.5 Å². The van der Waals surface area contributed by atoms with Crippen molar-refractivity contribution in [2.24, 2.45) is 4.99 Å². The van der Waals surface area contributed by atoms with E-state index in [1.807, 2.05) is 31.2 Å². The highest BCUT2D eigenvalue weighted by Gasteiger charge is 2.07. The second kappa shape index (κ2) is 9.10. The Morgan fingerprint density at radius 3 is 2.19 bits per heavy atom. The smallest absolute Gasteiger partial charge is 0.232 e. The lowest BCUT2D eigenvalue weighted by atomic mass is 10.2. The number of sulfonamides is 1. The lowest BCUT2D eigenvalue weighted by molar-refractivity contribution is 0.340. The Kier molecular flexibility index (Phi) is 6.85. The molecule has 8 heteroatoms. The molecule has 0 saturated carbocycles. The van der Waals surface area contributed by atoms with E-state index in [4.69, 9.17) is 9.47 Å². The molecule has 0 radical (unpaired) electrons. The molecule has 140 valence electrons. The maximum Gasteiger partial charge on any atom is 0.232 e. The van der Waals surface area contributed by atoms with Crippen molar-refractivity contribution in [3.05, 3.63) is 54.1 Å². The summed E-state index contributed by atoms with van der Waals surface area (Å²) in [5, 5.41) is 2.98. The topological polar surface area (TPSA) is 89.0 Å². The third-order valence-electron chi connectivity index (χ3n) is 3.29. The first kappa shape index (κ1) is 19.6. The molecule has 0 saturated heterocycles. The third-order valence-corrected chi connectivity index (χ3v) is 3.85. The molecule has 2 aromatic carbocycles. The van der Waals surface area contributed by atoms with Crippen LogP contribution in [0.5, 0.6) is 11.5 Å². The van der Waals surface area contributed by atoms with Crippen LogP contribution in [0.2, 0.25) is 0 Å². The molecule has 2 N–H and O–H groups in total. The normalized spacial score (nSPS) is 11.7. The van der Waals surface area contributed by atoms with Gasteiger partial charge in [-0.2, -0.15) is 0 Å². The van der Waals surface area contributed by atoms with Crippen molar-refractivity contribution in [3.63, 3.8) is 0 Å². The molecule has 0 bridgehead atoms. The molecular formula is C18H23N3O4S. The van der Waals surface area contributed by atoms with Crippen molar-refractivity contribution in [2.45, 2.75) is 13.5 Å². The van der Waals surface area contributed by atoms with Crippen LogP contribution in [-0.2, 0) is 16.6 Å². The molecule has 7 nitrogen and oxygen atoms in total. The number of nitrogens with one attached hydrogen (secondary N) is 2. The number of rotatable bonds is 7. The molecule has 2 rings (SSSR count). The van der Waals surface area contributed by atoms with Crippen LogP contribution in [0, 0.1) is 0 Å². The van der Waals surface area contributed by atoms with Crippen molar-refractivity contribution < 1.29 is 17.9 Å². The summed E-state index contributed by atoms with van der Waals surface area (Å²) in [6.07, 6.45) is 1.08. The van der Waals surface area contributed by atoms with E-state index in [-0.39, 0.29) is 5.96 Å². The number of anilines is 1. The van der Waals surface area contributed by atoms with E-state index >= 15 is 0 Å². The maximum atomic E-state index is 11.6. The van der Waals surface area contributed by atoms with Crippen LogP contribution in [0.25, 0.3) is 0 Å². The van der Waals surface area contributed by atoms with Crippen molar-refractivity contribution >= 4 is 21.7 Å². The predicted molar refractivity (Wildman–Crippen MR) is 103 cm³/mol. The predicted octanol–water partition coefficient (Wildman–Crippen LogP) is 2.61. The quantitative estimate of drug-likeness (QED) is 0.572. The van der Waals surface area contributed by atoms with Gasteiger partial charge >= 0.3 is 0 Å². The zero-order chi connectivity index (χ0) is 19.0. The van der Waals surface area contributed by atoms with E-state index in [0.717, 1.165) is 23.3 Å². The van der Waals surface area contributed by atoms with Gasteiger partial charge in [0, 0.05) is 5.69 Å². The second-order valence-corrected chi connectivity index (χ2v) is 7.22. The lowest BCUT2D eigenvalue weighted by Crippen LogP contribution is -2.35. The summed E-state index contributed by atoms with van der Waals surface area (Å²) < 4.78 is 36.1. The summed E-state index contributed by atoms with van der Waals surface area (Å²) in [6.45, 7) is 2.80. The lowest BCUT2D eigenvalue weighted by Gasteiger charge is -2.12. The molecule has 0 aromatic heterocycles. The van der Waals surface area contributed by atoms with E-state index in [9.17, 15) is 8.42 Å². The highest BCUT2D eigenvalue weighted by Crippen LogP contribution is 2.16. The summed E-state index contributed by atoms with van der Waals surface area (Å²) in [5.41, 5.74) is 1.62. The van der Waals surface area contributed by atoms with Crippen molar-refractivity contribution in [1.82, 2.24) is 4.72 Å². The Hall–Kier alpha value is -2.74. The molecule has 0 unspecified atom stereocenters. The summed E-state index contributed by atoms with van der Waals surface area (Å²) in [6, 6.07) is 14.6. The molecule has 0 aliphatic carbocycles. The van der Waals surface area contributed by atoms with Crippen LogP contribution in [-0.4, -0.2) is 34.3 Å². The number of ether oxygens (including phenoxy) is 2. The van der Waals surface area contributed by atoms with E-state index in [0.29, 0.717) is 18.8 Å². The highest BCUT2D eigenvalue weighted by atomic mass is 32.2. The largest absolute Gasteiger partial charge is 0.497 e. The number of hydrogen-bond donors (Lipinski definition) is 2. The minimum Gasteiger partial charge on any atom is -0.497 e. The van der Waals surface area contributed by atoms with Crippen molar-refractivity contribution in [2.75, 3.05) is 25.3 Å². The van der Waals surface area contributed by atoms with Gasteiger partial charge in [-0.3, -0.25) is 4.72 Å². The number of benzene rings is 2. The van der Waals surface area contributed by atoms with E-state index in [1.54, 1.807) is 31.4 Å². The molecular weight excluding hydrogens is 354 g/mol. The zero-order valence-corrected chi connectivity index (χ0v) is 15.8. The first-order chi connectivity index (χ1) is 12.4. The Balaban J connectivity index is 2.13. The van der Waals surface area contributed by atoms with Crippen LogP contribution in [0.4, 0.5) is 5.69 Å². The molecule has 26 heavy (non-hydrogen) atoms. The first-order valence-electron chi connectivity index (χ1n) is 8.04. The average molecular weight is 377 g/mol. The molecule has 0 heterocycles. The summed E-state index contributed by atoms with van der Waals surface area (Å²) in [7, 11) is -1.86. The standard InChI is InChI=1S/C18H23N3O4S/c1-4-25-17-11-7-15(8-12-17)20-18(21-26(3,22)23)19-13-14-5-9-16(24-2)10-6-14/h5-12H,4,13H2,1-3H3,(H2,19,20,21). The Morgan fingerprint density at radius 1 is 1.04 bits per heavy atom. The van der Waals surface area contributed by atoms with Crippen LogP contribution in [0.1, 0.15) is 12.5 Å². The van der Waals surface area contributed by atoms with Crippen LogP contribution in [0.15, 0.2) is 53.5 Å². The molecule has 0 spiro atoms. The molecule has 0 atom stereocenters. The number of guanidine groups is 1. The van der Waals surface area contributed by atoms with Crippen LogP contribution >= 0.6 is 0 Å². The van der Waals surface area contributed by atoms with Gasteiger partial charge in [-0.05, 0) is 48.9 Å². The van der Waals surface area contributed by atoms with Crippen LogP contribution in [0.3, 0.4) is 0 Å². The van der Waals surface area contributed by atoms with E-state index in [2.05, 4.69) is 15.0 Å². The fourth-order valence-electron chi connectivity index (χ4n) is 2.11. The fraction of sp³-hybridized carbons (Fsp3) is 0.278. The number of hydrogen-bond acceptors (Lipinski definition) is 5. The van der Waals surface area contributed by atoms with Crippen molar-refractivity contribution in [1.29, 1.82) is 0 Å². The number of methoxy groups -OCH3 is 1. The number of nitrogens with zero attached hydrogens (tertiary/aromatic N) is 1. The summed E-state index contributed by atoms with van der Waals surface area (Å²) in [4.78, 5) is 4.33. The SMILES string of the molecule is CCOc1ccc(NC(=NCc2ccc(OC)cc2)NS(C)(=O)=O)cc1.